The van der Waals surface area contributed by atoms with Crippen LogP contribution in [0.15, 0.2) is 36.0 Å². The van der Waals surface area contributed by atoms with Crippen LogP contribution in [-0.4, -0.2) is 4.98 Å². The second-order valence-electron chi connectivity index (χ2n) is 3.15. The van der Waals surface area contributed by atoms with Crippen molar-refractivity contribution in [3.8, 4) is 0 Å². The molecule has 15 heavy (non-hydrogen) atoms. The van der Waals surface area contributed by atoms with Crippen molar-refractivity contribution in [2.45, 2.75) is 11.2 Å². The lowest BCUT2D eigenvalue weighted by Crippen LogP contribution is -1.94. The van der Waals surface area contributed by atoms with Gasteiger partial charge < -0.3 is 0 Å². The summed E-state index contributed by atoms with van der Waals surface area (Å²) < 4.78 is 0. The van der Waals surface area contributed by atoms with Gasteiger partial charge >= 0.3 is 0 Å². The lowest BCUT2D eigenvalue weighted by atomic mass is 10.1. The van der Waals surface area contributed by atoms with Crippen molar-refractivity contribution < 1.29 is 0 Å². The van der Waals surface area contributed by atoms with E-state index in [1.807, 2.05) is 6.07 Å². The van der Waals surface area contributed by atoms with Gasteiger partial charge in [0.25, 0.3) is 0 Å². The number of thiophene rings is 1. The molecule has 2 aromatic rings. The van der Waals surface area contributed by atoms with Crippen molar-refractivity contribution in [1.29, 1.82) is 0 Å². The molecule has 0 amide bonds. The summed E-state index contributed by atoms with van der Waals surface area (Å²) in [5, 5.41) is 2.82. The number of hydrogen-bond acceptors (Lipinski definition) is 2. The molecule has 0 spiro atoms. The normalized spacial score (nSPS) is 12.7. The van der Waals surface area contributed by atoms with Gasteiger partial charge in [-0.05, 0) is 29.5 Å². The Hall–Kier alpha value is -0.380. The van der Waals surface area contributed by atoms with Gasteiger partial charge in [0.15, 0.2) is 0 Å². The zero-order chi connectivity index (χ0) is 10.7. The molecule has 0 N–H and O–H groups in total. The third-order valence-corrected chi connectivity index (χ3v) is 4.55. The van der Waals surface area contributed by atoms with E-state index >= 15 is 0 Å². The van der Waals surface area contributed by atoms with Gasteiger partial charge in [0, 0.05) is 17.3 Å². The maximum Gasteiger partial charge on any atom is 0.0621 e. The molecule has 0 aromatic carbocycles. The molecule has 0 aliphatic heterocycles. The number of pyridine rings is 1. The summed E-state index contributed by atoms with van der Waals surface area (Å²) in [5.74, 6) is 0. The van der Waals surface area contributed by atoms with Crippen LogP contribution in [0.1, 0.15) is 15.3 Å². The monoisotopic (exact) mass is 301 g/mol. The van der Waals surface area contributed by atoms with Crippen LogP contribution in [0, 0.1) is 0 Å². The van der Waals surface area contributed by atoms with Crippen molar-refractivity contribution >= 4 is 38.9 Å². The third kappa shape index (κ3) is 2.80. The molecule has 2 rings (SSSR count). The molecule has 1 atom stereocenters. The highest BCUT2D eigenvalue weighted by atomic mass is 79.9. The molecule has 0 saturated heterocycles. The van der Waals surface area contributed by atoms with Gasteiger partial charge in [-0.3, -0.25) is 4.98 Å². The van der Waals surface area contributed by atoms with Crippen LogP contribution >= 0.6 is 38.9 Å². The van der Waals surface area contributed by atoms with Crippen LogP contribution in [0.2, 0.25) is 5.02 Å². The van der Waals surface area contributed by atoms with Gasteiger partial charge in [-0.15, -0.1) is 11.3 Å². The summed E-state index contributed by atoms with van der Waals surface area (Å²) in [4.78, 5) is 5.62. The van der Waals surface area contributed by atoms with Gasteiger partial charge in [-0.2, -0.15) is 0 Å². The van der Waals surface area contributed by atoms with Gasteiger partial charge in [0.05, 0.1) is 9.85 Å². The SMILES string of the molecule is Clc1cnccc1CC(Br)c1cccs1. The first kappa shape index (κ1) is 11.1. The van der Waals surface area contributed by atoms with Gasteiger partial charge in [-0.1, -0.05) is 33.6 Å². The lowest BCUT2D eigenvalue weighted by molar-refractivity contribution is 0.964. The molecule has 78 valence electrons. The smallest absolute Gasteiger partial charge is 0.0621 e. The number of nitrogens with zero attached hydrogens (tertiary/aromatic N) is 1. The van der Waals surface area contributed by atoms with Crippen molar-refractivity contribution in [3.63, 3.8) is 0 Å². The van der Waals surface area contributed by atoms with Gasteiger partial charge in [0.1, 0.15) is 0 Å². The molecule has 1 unspecified atom stereocenters. The summed E-state index contributed by atoms with van der Waals surface area (Å²) in [6, 6.07) is 6.14. The molecule has 0 saturated carbocycles. The number of aromatic nitrogens is 1. The molecule has 0 aliphatic rings. The third-order valence-electron chi connectivity index (χ3n) is 2.11. The van der Waals surface area contributed by atoms with E-state index < -0.39 is 0 Å². The summed E-state index contributed by atoms with van der Waals surface area (Å²) in [6.45, 7) is 0. The Morgan fingerprint density at radius 3 is 3.00 bits per heavy atom. The predicted molar refractivity (Wildman–Crippen MR) is 68.9 cm³/mol. The van der Waals surface area contributed by atoms with E-state index in [9.17, 15) is 0 Å². The fourth-order valence-corrected chi connectivity index (χ4v) is 3.06. The average Bonchev–Trinajstić information content (AvgIpc) is 2.74. The molecule has 0 radical (unpaired) electrons. The van der Waals surface area contributed by atoms with Crippen LogP contribution in [0.25, 0.3) is 0 Å². The quantitative estimate of drug-likeness (QED) is 0.762. The largest absolute Gasteiger partial charge is 0.263 e. The summed E-state index contributed by atoms with van der Waals surface area (Å²) >= 11 is 11.5. The Kier molecular flexibility index (Phi) is 3.78. The van der Waals surface area contributed by atoms with Crippen molar-refractivity contribution in [1.82, 2.24) is 4.98 Å². The molecule has 4 heteroatoms. The van der Waals surface area contributed by atoms with Crippen LogP contribution in [0.5, 0.6) is 0 Å². The maximum atomic E-state index is 6.05. The first-order valence-electron chi connectivity index (χ1n) is 4.53. The second-order valence-corrected chi connectivity index (χ2v) is 5.65. The van der Waals surface area contributed by atoms with E-state index in [-0.39, 0.29) is 0 Å². The minimum Gasteiger partial charge on any atom is -0.263 e. The van der Waals surface area contributed by atoms with Crippen LogP contribution in [-0.2, 0) is 6.42 Å². The van der Waals surface area contributed by atoms with E-state index in [0.717, 1.165) is 17.0 Å². The Balaban J connectivity index is 2.13. The lowest BCUT2D eigenvalue weighted by Gasteiger charge is -2.08. The van der Waals surface area contributed by atoms with E-state index in [1.165, 1.54) is 4.88 Å². The number of hydrogen-bond donors (Lipinski definition) is 0. The zero-order valence-electron chi connectivity index (χ0n) is 7.86. The summed E-state index contributed by atoms with van der Waals surface area (Å²) in [5.41, 5.74) is 1.13. The first-order valence-corrected chi connectivity index (χ1v) is 6.70. The molecule has 0 fully saturated rings. The maximum absolute atomic E-state index is 6.05. The topological polar surface area (TPSA) is 12.9 Å². The van der Waals surface area contributed by atoms with E-state index in [2.05, 4.69) is 38.4 Å². The Morgan fingerprint density at radius 1 is 1.47 bits per heavy atom. The van der Waals surface area contributed by atoms with Crippen LogP contribution < -0.4 is 0 Å². The van der Waals surface area contributed by atoms with Gasteiger partial charge in [0.2, 0.25) is 0 Å². The average molecular weight is 303 g/mol. The highest BCUT2D eigenvalue weighted by molar-refractivity contribution is 9.09. The van der Waals surface area contributed by atoms with Crippen LogP contribution in [0.3, 0.4) is 0 Å². The predicted octanol–water partition coefficient (Wildman–Crippen LogP) is 4.48. The summed E-state index contributed by atoms with van der Waals surface area (Å²) in [7, 11) is 0. The molecule has 0 aliphatic carbocycles. The molecular weight excluding hydrogens is 294 g/mol. The highest BCUT2D eigenvalue weighted by Gasteiger charge is 2.11. The minimum atomic E-state index is 0.331. The molecule has 2 heterocycles. The zero-order valence-corrected chi connectivity index (χ0v) is 11.0. The molecule has 2 aromatic heterocycles. The minimum absolute atomic E-state index is 0.331. The summed E-state index contributed by atoms with van der Waals surface area (Å²) in [6.07, 6.45) is 4.35. The Bertz CT molecular complexity index is 430. The van der Waals surface area contributed by atoms with E-state index in [4.69, 9.17) is 11.6 Å². The van der Waals surface area contributed by atoms with Crippen LogP contribution in [0.4, 0.5) is 0 Å². The van der Waals surface area contributed by atoms with Crippen molar-refractivity contribution in [2.24, 2.45) is 0 Å². The van der Waals surface area contributed by atoms with Crippen molar-refractivity contribution in [3.05, 3.63) is 51.4 Å². The molecule has 0 bridgehead atoms. The first-order chi connectivity index (χ1) is 7.27. The number of alkyl halides is 1. The fraction of sp³-hybridized carbons (Fsp3) is 0.182. The Morgan fingerprint density at radius 2 is 2.33 bits per heavy atom. The molecule has 1 nitrogen and oxygen atoms in total. The van der Waals surface area contributed by atoms with E-state index in [0.29, 0.717) is 4.83 Å². The number of rotatable bonds is 3. The second kappa shape index (κ2) is 5.10. The highest BCUT2D eigenvalue weighted by Crippen LogP contribution is 2.31. The molecular formula is C11H9BrClNS. The van der Waals surface area contributed by atoms with Gasteiger partial charge in [-0.25, -0.2) is 0 Å². The Labute approximate surface area is 106 Å². The van der Waals surface area contributed by atoms with Crippen molar-refractivity contribution in [2.75, 3.05) is 0 Å². The fourth-order valence-electron chi connectivity index (χ4n) is 1.33. The standard InChI is InChI=1S/C11H9BrClNS/c12-9(11-2-1-5-15-11)6-8-3-4-14-7-10(8)13/h1-5,7,9H,6H2. The number of halogens is 2. The van der Waals surface area contributed by atoms with E-state index in [1.54, 1.807) is 23.7 Å².